The van der Waals surface area contributed by atoms with Crippen molar-refractivity contribution in [3.63, 3.8) is 0 Å². The van der Waals surface area contributed by atoms with Crippen molar-refractivity contribution in [2.24, 2.45) is 0 Å². The van der Waals surface area contributed by atoms with Crippen molar-refractivity contribution in [3.8, 4) is 5.88 Å². The van der Waals surface area contributed by atoms with Crippen molar-refractivity contribution in [1.82, 2.24) is 15.2 Å². The van der Waals surface area contributed by atoms with Gasteiger partial charge in [0.1, 0.15) is 6.10 Å². The lowest BCUT2D eigenvalue weighted by Crippen LogP contribution is -2.27. The summed E-state index contributed by atoms with van der Waals surface area (Å²) >= 11 is 0. The Morgan fingerprint density at radius 1 is 1.57 bits per heavy atom. The van der Waals surface area contributed by atoms with Crippen LogP contribution in [-0.4, -0.2) is 62.3 Å². The summed E-state index contributed by atoms with van der Waals surface area (Å²) in [5.74, 6) is 0.384. The Bertz CT molecular complexity index is 459. The molecule has 0 spiro atoms. The Labute approximate surface area is 125 Å². The van der Waals surface area contributed by atoms with Crippen LogP contribution in [0.4, 0.5) is 0 Å². The monoisotopic (exact) mass is 293 g/mol. The number of pyridine rings is 1. The van der Waals surface area contributed by atoms with Gasteiger partial charge in [0.25, 0.3) is 5.91 Å². The van der Waals surface area contributed by atoms with Crippen LogP contribution in [0.15, 0.2) is 18.3 Å². The van der Waals surface area contributed by atoms with Gasteiger partial charge in [-0.05, 0) is 33.1 Å². The van der Waals surface area contributed by atoms with E-state index in [9.17, 15) is 4.79 Å². The van der Waals surface area contributed by atoms with Gasteiger partial charge in [0, 0.05) is 30.8 Å². The highest BCUT2D eigenvalue weighted by molar-refractivity contribution is 5.94. The summed E-state index contributed by atoms with van der Waals surface area (Å²) in [7, 11) is 4.03. The molecule has 0 aliphatic carbocycles. The average Bonchev–Trinajstić information content (AvgIpc) is 2.96. The lowest BCUT2D eigenvalue weighted by Gasteiger charge is -2.12. The lowest BCUT2D eigenvalue weighted by molar-refractivity contribution is 0.0950. The van der Waals surface area contributed by atoms with Gasteiger partial charge in [-0.25, -0.2) is 4.98 Å². The molecule has 0 aromatic carbocycles. The average molecular weight is 293 g/mol. The highest BCUT2D eigenvalue weighted by Crippen LogP contribution is 2.15. The number of nitrogens with one attached hydrogen (secondary N) is 1. The molecule has 1 fully saturated rings. The molecule has 6 heteroatoms. The van der Waals surface area contributed by atoms with Gasteiger partial charge < -0.3 is 19.7 Å². The van der Waals surface area contributed by atoms with E-state index in [1.54, 1.807) is 18.3 Å². The normalized spacial score (nSPS) is 18.0. The molecule has 2 heterocycles. The zero-order valence-corrected chi connectivity index (χ0v) is 12.7. The van der Waals surface area contributed by atoms with E-state index in [0.29, 0.717) is 24.6 Å². The molecule has 1 N–H and O–H groups in total. The summed E-state index contributed by atoms with van der Waals surface area (Å²) in [6.45, 7) is 2.91. The molecule has 1 aliphatic heterocycles. The second-order valence-electron chi connectivity index (χ2n) is 5.40. The van der Waals surface area contributed by atoms with Gasteiger partial charge in [-0.15, -0.1) is 0 Å². The molecule has 1 unspecified atom stereocenters. The summed E-state index contributed by atoms with van der Waals surface area (Å²) in [4.78, 5) is 18.3. The molecule has 21 heavy (non-hydrogen) atoms. The molecule has 0 radical (unpaired) electrons. The van der Waals surface area contributed by atoms with Crippen LogP contribution in [0.1, 0.15) is 23.2 Å². The van der Waals surface area contributed by atoms with Gasteiger partial charge in [-0.3, -0.25) is 4.79 Å². The van der Waals surface area contributed by atoms with E-state index >= 15 is 0 Å². The van der Waals surface area contributed by atoms with Crippen LogP contribution in [0.3, 0.4) is 0 Å². The van der Waals surface area contributed by atoms with E-state index < -0.39 is 0 Å². The minimum atomic E-state index is -0.0938. The highest BCUT2D eigenvalue weighted by atomic mass is 16.5. The van der Waals surface area contributed by atoms with Gasteiger partial charge in [0.05, 0.1) is 13.2 Å². The first-order valence-electron chi connectivity index (χ1n) is 7.28. The first kappa shape index (κ1) is 15.7. The van der Waals surface area contributed by atoms with Crippen LogP contribution in [-0.2, 0) is 4.74 Å². The molecule has 1 aromatic rings. The second-order valence-corrected chi connectivity index (χ2v) is 5.40. The van der Waals surface area contributed by atoms with E-state index in [1.165, 1.54) is 0 Å². The van der Waals surface area contributed by atoms with Crippen LogP contribution in [0.2, 0.25) is 0 Å². The number of nitrogens with zero attached hydrogens (tertiary/aromatic N) is 2. The first-order chi connectivity index (χ1) is 10.1. The SMILES string of the molecule is CN(C)CCCNC(=O)c1ccnc(OC2CCOC2)c1. The molecule has 1 atom stereocenters. The number of rotatable bonds is 7. The fraction of sp³-hybridized carbons (Fsp3) is 0.600. The zero-order chi connectivity index (χ0) is 15.1. The Balaban J connectivity index is 1.82. The number of amides is 1. The van der Waals surface area contributed by atoms with Gasteiger partial charge in [-0.1, -0.05) is 0 Å². The first-order valence-corrected chi connectivity index (χ1v) is 7.28. The van der Waals surface area contributed by atoms with Crippen LogP contribution in [0.25, 0.3) is 0 Å². The van der Waals surface area contributed by atoms with E-state index in [0.717, 1.165) is 26.0 Å². The molecule has 0 bridgehead atoms. The van der Waals surface area contributed by atoms with Crippen molar-refractivity contribution in [2.75, 3.05) is 40.4 Å². The second kappa shape index (κ2) is 7.95. The van der Waals surface area contributed by atoms with Crippen molar-refractivity contribution in [2.45, 2.75) is 18.9 Å². The largest absolute Gasteiger partial charge is 0.472 e. The molecule has 0 saturated carbocycles. The fourth-order valence-electron chi connectivity index (χ4n) is 2.09. The molecule has 2 rings (SSSR count). The van der Waals surface area contributed by atoms with Crippen molar-refractivity contribution >= 4 is 5.91 Å². The summed E-state index contributed by atoms with van der Waals surface area (Å²) in [6.07, 6.45) is 3.42. The molecule has 1 amide bonds. The Hall–Kier alpha value is -1.66. The highest BCUT2D eigenvalue weighted by Gasteiger charge is 2.18. The lowest BCUT2D eigenvalue weighted by atomic mass is 10.2. The Morgan fingerprint density at radius 2 is 2.43 bits per heavy atom. The number of hydrogen-bond donors (Lipinski definition) is 1. The maximum Gasteiger partial charge on any atom is 0.251 e. The molecule has 1 aromatic heterocycles. The predicted octanol–water partition coefficient (Wildman–Crippen LogP) is 0.931. The van der Waals surface area contributed by atoms with Crippen LogP contribution in [0.5, 0.6) is 5.88 Å². The molecular formula is C15H23N3O3. The van der Waals surface area contributed by atoms with E-state index in [4.69, 9.17) is 9.47 Å². The standard InChI is InChI=1S/C15H23N3O3/c1-18(2)8-3-6-17-15(19)12-4-7-16-14(10-12)21-13-5-9-20-11-13/h4,7,10,13H,3,5-6,8-9,11H2,1-2H3,(H,17,19). The quantitative estimate of drug-likeness (QED) is 0.758. The van der Waals surface area contributed by atoms with E-state index in [2.05, 4.69) is 15.2 Å². The Kier molecular flexibility index (Phi) is 5.95. The maximum atomic E-state index is 12.0. The summed E-state index contributed by atoms with van der Waals surface area (Å²) in [5.41, 5.74) is 0.573. The minimum absolute atomic E-state index is 0.0379. The van der Waals surface area contributed by atoms with Gasteiger partial charge >= 0.3 is 0 Å². The third kappa shape index (κ3) is 5.32. The molecule has 1 saturated heterocycles. The number of aromatic nitrogens is 1. The van der Waals surface area contributed by atoms with Crippen LogP contribution in [0, 0.1) is 0 Å². The number of carbonyl (C=O) groups is 1. The third-order valence-corrected chi connectivity index (χ3v) is 3.24. The van der Waals surface area contributed by atoms with Gasteiger partial charge in [0.15, 0.2) is 0 Å². The third-order valence-electron chi connectivity index (χ3n) is 3.24. The van der Waals surface area contributed by atoms with E-state index in [1.807, 2.05) is 14.1 Å². The van der Waals surface area contributed by atoms with Gasteiger partial charge in [-0.2, -0.15) is 0 Å². The van der Waals surface area contributed by atoms with Crippen molar-refractivity contribution in [1.29, 1.82) is 0 Å². The predicted molar refractivity (Wildman–Crippen MR) is 79.6 cm³/mol. The minimum Gasteiger partial charge on any atom is -0.472 e. The summed E-state index contributed by atoms with van der Waals surface area (Å²) in [6, 6.07) is 3.37. The summed E-state index contributed by atoms with van der Waals surface area (Å²) < 4.78 is 11.0. The molecule has 1 aliphatic rings. The smallest absolute Gasteiger partial charge is 0.251 e. The number of carbonyl (C=O) groups excluding carboxylic acids is 1. The van der Waals surface area contributed by atoms with Crippen LogP contribution >= 0.6 is 0 Å². The zero-order valence-electron chi connectivity index (χ0n) is 12.7. The molecular weight excluding hydrogens is 270 g/mol. The topological polar surface area (TPSA) is 63.7 Å². The maximum absolute atomic E-state index is 12.0. The fourth-order valence-corrected chi connectivity index (χ4v) is 2.09. The van der Waals surface area contributed by atoms with Gasteiger partial charge in [0.2, 0.25) is 5.88 Å². The number of hydrogen-bond acceptors (Lipinski definition) is 5. The Morgan fingerprint density at radius 3 is 3.14 bits per heavy atom. The summed E-state index contributed by atoms with van der Waals surface area (Å²) in [5, 5.41) is 2.90. The van der Waals surface area contributed by atoms with E-state index in [-0.39, 0.29) is 12.0 Å². The molecule has 116 valence electrons. The van der Waals surface area contributed by atoms with Crippen molar-refractivity contribution in [3.05, 3.63) is 23.9 Å². The molecule has 6 nitrogen and oxygen atoms in total. The van der Waals surface area contributed by atoms with Crippen molar-refractivity contribution < 1.29 is 14.3 Å². The van der Waals surface area contributed by atoms with Crippen LogP contribution < -0.4 is 10.1 Å². The number of ether oxygens (including phenoxy) is 2.